The lowest BCUT2D eigenvalue weighted by Gasteiger charge is -2.11. The van der Waals surface area contributed by atoms with Crippen LogP contribution >= 0.6 is 0 Å². The van der Waals surface area contributed by atoms with Crippen molar-refractivity contribution in [1.82, 2.24) is 0 Å². The Labute approximate surface area is 123 Å². The van der Waals surface area contributed by atoms with Crippen LogP contribution < -0.4 is 15.2 Å². The molecule has 0 unspecified atom stereocenters. The third-order valence-electron chi connectivity index (χ3n) is 3.50. The molecule has 108 valence electrons. The summed E-state index contributed by atoms with van der Waals surface area (Å²) in [6.45, 7) is 0.862. The maximum atomic E-state index is 11.7. The van der Waals surface area contributed by atoms with Gasteiger partial charge in [-0.2, -0.15) is 0 Å². The predicted octanol–water partition coefficient (Wildman–Crippen LogP) is 2.86. The van der Waals surface area contributed by atoms with Crippen LogP contribution in [0.4, 0.5) is 5.69 Å². The zero-order valence-electron chi connectivity index (χ0n) is 11.7. The monoisotopic (exact) mass is 283 g/mol. The van der Waals surface area contributed by atoms with Crippen molar-refractivity contribution in [2.45, 2.75) is 12.8 Å². The molecule has 4 nitrogen and oxygen atoms in total. The number of ether oxygens (including phenoxy) is 2. The van der Waals surface area contributed by atoms with Gasteiger partial charge in [-0.1, -0.05) is 18.2 Å². The second kappa shape index (κ2) is 5.87. The zero-order chi connectivity index (χ0) is 14.7. The number of Topliss-reactive ketones (excluding diaryl/α,β-unsaturated/α-hetero) is 1. The number of hydrogen-bond donors (Lipinski definition) is 1. The van der Waals surface area contributed by atoms with Crippen LogP contribution in [0, 0.1) is 0 Å². The smallest absolute Gasteiger partial charge is 0.163 e. The fourth-order valence-electron chi connectivity index (χ4n) is 2.51. The quantitative estimate of drug-likeness (QED) is 0.677. The Balaban J connectivity index is 1.56. The third-order valence-corrected chi connectivity index (χ3v) is 3.50. The number of fused-ring (bicyclic) bond motifs is 1. The van der Waals surface area contributed by atoms with E-state index in [0.29, 0.717) is 25.3 Å². The highest BCUT2D eigenvalue weighted by Crippen LogP contribution is 2.30. The standard InChI is InChI=1S/C17H17NO3/c18-12-3-1-4-13(11-12)20-9-10-21-17-6-2-5-14-15(17)7-8-16(14)19/h1-6,11H,7-10,18H2. The van der Waals surface area contributed by atoms with Crippen molar-refractivity contribution in [3.63, 3.8) is 0 Å². The molecule has 0 radical (unpaired) electrons. The average Bonchev–Trinajstić information content (AvgIpc) is 2.86. The van der Waals surface area contributed by atoms with E-state index in [2.05, 4.69) is 0 Å². The van der Waals surface area contributed by atoms with E-state index in [1.54, 1.807) is 6.07 Å². The molecular formula is C17H17NO3. The first-order valence-corrected chi connectivity index (χ1v) is 7.00. The minimum absolute atomic E-state index is 0.200. The summed E-state index contributed by atoms with van der Waals surface area (Å²) in [6, 6.07) is 12.9. The molecule has 1 aliphatic carbocycles. The molecule has 0 amide bonds. The largest absolute Gasteiger partial charge is 0.490 e. The first-order valence-electron chi connectivity index (χ1n) is 7.00. The van der Waals surface area contributed by atoms with E-state index >= 15 is 0 Å². The van der Waals surface area contributed by atoms with Crippen molar-refractivity contribution < 1.29 is 14.3 Å². The van der Waals surface area contributed by atoms with Gasteiger partial charge in [-0.15, -0.1) is 0 Å². The van der Waals surface area contributed by atoms with Gasteiger partial charge in [0.05, 0.1) is 0 Å². The maximum absolute atomic E-state index is 11.7. The number of carbonyl (C=O) groups is 1. The molecule has 2 aromatic rings. The molecular weight excluding hydrogens is 266 g/mol. The molecule has 0 saturated heterocycles. The minimum atomic E-state index is 0.200. The van der Waals surface area contributed by atoms with Crippen molar-refractivity contribution in [1.29, 1.82) is 0 Å². The summed E-state index contributed by atoms with van der Waals surface area (Å²) in [5, 5.41) is 0. The van der Waals surface area contributed by atoms with Crippen LogP contribution in [0.25, 0.3) is 0 Å². The van der Waals surface area contributed by atoms with Gasteiger partial charge < -0.3 is 15.2 Å². The van der Waals surface area contributed by atoms with Crippen LogP contribution in [-0.2, 0) is 6.42 Å². The zero-order valence-corrected chi connectivity index (χ0v) is 11.7. The van der Waals surface area contributed by atoms with Gasteiger partial charge in [-0.25, -0.2) is 0 Å². The molecule has 0 atom stereocenters. The molecule has 2 aromatic carbocycles. The molecule has 0 heterocycles. The van der Waals surface area contributed by atoms with Gasteiger partial charge in [0.15, 0.2) is 5.78 Å². The Hall–Kier alpha value is -2.49. The van der Waals surface area contributed by atoms with Crippen LogP contribution in [0.15, 0.2) is 42.5 Å². The molecule has 0 fully saturated rings. The van der Waals surface area contributed by atoms with E-state index in [-0.39, 0.29) is 5.78 Å². The fourth-order valence-corrected chi connectivity index (χ4v) is 2.51. The fraction of sp³-hybridized carbons (Fsp3) is 0.235. The van der Waals surface area contributed by atoms with Crippen molar-refractivity contribution in [2.24, 2.45) is 0 Å². The summed E-state index contributed by atoms with van der Waals surface area (Å²) in [4.78, 5) is 11.7. The number of benzene rings is 2. The first kappa shape index (κ1) is 13.5. The van der Waals surface area contributed by atoms with Crippen LogP contribution in [0.3, 0.4) is 0 Å². The molecule has 2 N–H and O–H groups in total. The van der Waals surface area contributed by atoms with Gasteiger partial charge in [-0.05, 0) is 24.6 Å². The Morgan fingerprint density at radius 1 is 1.00 bits per heavy atom. The first-order chi connectivity index (χ1) is 10.2. The normalized spacial score (nSPS) is 13.0. The summed E-state index contributed by atoms with van der Waals surface area (Å²) in [7, 11) is 0. The van der Waals surface area contributed by atoms with Gasteiger partial charge in [0.25, 0.3) is 0 Å². The van der Waals surface area contributed by atoms with Crippen LogP contribution in [0.5, 0.6) is 11.5 Å². The van der Waals surface area contributed by atoms with Crippen molar-refractivity contribution in [3.05, 3.63) is 53.6 Å². The Kier molecular flexibility index (Phi) is 3.77. The summed E-state index contributed by atoms with van der Waals surface area (Å²) >= 11 is 0. The van der Waals surface area contributed by atoms with Crippen LogP contribution in [0.2, 0.25) is 0 Å². The second-order valence-electron chi connectivity index (χ2n) is 4.97. The summed E-state index contributed by atoms with van der Waals surface area (Å²) in [6.07, 6.45) is 1.34. The molecule has 0 aliphatic heterocycles. The lowest BCUT2D eigenvalue weighted by Crippen LogP contribution is -2.10. The van der Waals surface area contributed by atoms with Gasteiger partial charge >= 0.3 is 0 Å². The second-order valence-corrected chi connectivity index (χ2v) is 4.97. The highest BCUT2D eigenvalue weighted by Gasteiger charge is 2.22. The number of hydrogen-bond acceptors (Lipinski definition) is 4. The average molecular weight is 283 g/mol. The topological polar surface area (TPSA) is 61.6 Å². The molecule has 21 heavy (non-hydrogen) atoms. The van der Waals surface area contributed by atoms with E-state index in [1.807, 2.05) is 36.4 Å². The van der Waals surface area contributed by atoms with Crippen molar-refractivity contribution in [2.75, 3.05) is 18.9 Å². The number of ketones is 1. The van der Waals surface area contributed by atoms with Crippen molar-refractivity contribution >= 4 is 11.5 Å². The number of nitrogen functional groups attached to an aromatic ring is 1. The molecule has 1 aliphatic rings. The molecule has 0 bridgehead atoms. The van der Waals surface area contributed by atoms with Crippen LogP contribution in [-0.4, -0.2) is 19.0 Å². The molecule has 0 aromatic heterocycles. The lowest BCUT2D eigenvalue weighted by atomic mass is 10.1. The molecule has 0 spiro atoms. The number of nitrogens with two attached hydrogens (primary N) is 1. The van der Waals surface area contributed by atoms with Gasteiger partial charge in [0, 0.05) is 29.3 Å². The maximum Gasteiger partial charge on any atom is 0.163 e. The third kappa shape index (κ3) is 2.99. The number of rotatable bonds is 5. The van der Waals surface area contributed by atoms with Gasteiger partial charge in [0.2, 0.25) is 0 Å². The van der Waals surface area contributed by atoms with Crippen LogP contribution in [0.1, 0.15) is 22.3 Å². The van der Waals surface area contributed by atoms with Crippen molar-refractivity contribution in [3.8, 4) is 11.5 Å². The number of carbonyl (C=O) groups excluding carboxylic acids is 1. The van der Waals surface area contributed by atoms with E-state index in [4.69, 9.17) is 15.2 Å². The summed E-state index contributed by atoms with van der Waals surface area (Å²) < 4.78 is 11.3. The summed E-state index contributed by atoms with van der Waals surface area (Å²) in [5.41, 5.74) is 8.17. The Bertz CT molecular complexity index is 667. The SMILES string of the molecule is Nc1cccc(OCCOc2cccc3c2CCC3=O)c1. The van der Waals surface area contributed by atoms with Gasteiger partial charge in [0.1, 0.15) is 24.7 Å². The van der Waals surface area contributed by atoms with E-state index < -0.39 is 0 Å². The highest BCUT2D eigenvalue weighted by atomic mass is 16.5. The summed E-state index contributed by atoms with van der Waals surface area (Å²) in [5.74, 6) is 1.72. The Morgan fingerprint density at radius 2 is 1.81 bits per heavy atom. The highest BCUT2D eigenvalue weighted by molar-refractivity contribution is 6.01. The molecule has 4 heteroatoms. The van der Waals surface area contributed by atoms with E-state index in [0.717, 1.165) is 29.0 Å². The molecule has 3 rings (SSSR count). The Morgan fingerprint density at radius 3 is 2.67 bits per heavy atom. The predicted molar refractivity (Wildman–Crippen MR) is 80.9 cm³/mol. The molecule has 0 saturated carbocycles. The number of anilines is 1. The van der Waals surface area contributed by atoms with Gasteiger partial charge in [-0.3, -0.25) is 4.79 Å². The lowest BCUT2D eigenvalue weighted by molar-refractivity contribution is 0.0994. The van der Waals surface area contributed by atoms with E-state index in [9.17, 15) is 4.79 Å². The van der Waals surface area contributed by atoms with E-state index in [1.165, 1.54) is 0 Å². The minimum Gasteiger partial charge on any atom is -0.490 e.